The topological polar surface area (TPSA) is 84.9 Å². The van der Waals surface area contributed by atoms with E-state index in [1.807, 2.05) is 36.9 Å². The minimum Gasteiger partial charge on any atom is -0.487 e. The molecule has 34 heavy (non-hydrogen) atoms. The third-order valence-electron chi connectivity index (χ3n) is 6.35. The Morgan fingerprint density at radius 1 is 1.06 bits per heavy atom. The zero-order valence-electron chi connectivity index (χ0n) is 20.3. The lowest BCUT2D eigenvalue weighted by atomic mass is 9.81. The highest BCUT2D eigenvalue weighted by molar-refractivity contribution is 7.89. The molecule has 2 heterocycles. The molecule has 1 N–H and O–H groups in total. The first-order valence-corrected chi connectivity index (χ1v) is 13.4. The number of nitrogens with zero attached hydrogens (tertiary/aromatic N) is 1. The minimum atomic E-state index is -3.59. The lowest BCUT2D eigenvalue weighted by Gasteiger charge is -2.47. The largest absolute Gasteiger partial charge is 0.487 e. The lowest BCUT2D eigenvalue weighted by molar-refractivity contribution is -0.0872. The highest BCUT2D eigenvalue weighted by Crippen LogP contribution is 2.46. The molecule has 0 saturated carbocycles. The maximum Gasteiger partial charge on any atom is 0.253 e. The van der Waals surface area contributed by atoms with Crippen molar-refractivity contribution in [1.29, 1.82) is 0 Å². The number of carbonyl (C=O) groups excluding carboxylic acids is 1. The third kappa shape index (κ3) is 5.29. The Morgan fingerprint density at radius 3 is 2.32 bits per heavy atom. The molecule has 2 aliphatic rings. The average molecular weight is 487 g/mol. The van der Waals surface area contributed by atoms with Crippen molar-refractivity contribution in [2.45, 2.75) is 75.7 Å². The van der Waals surface area contributed by atoms with Gasteiger partial charge in [0.1, 0.15) is 11.4 Å². The highest BCUT2D eigenvalue weighted by Gasteiger charge is 2.44. The van der Waals surface area contributed by atoms with E-state index in [-0.39, 0.29) is 34.7 Å². The van der Waals surface area contributed by atoms with Gasteiger partial charge in [0.15, 0.2) is 0 Å². The molecule has 0 bridgehead atoms. The first-order valence-electron chi connectivity index (χ1n) is 11.9. The molecule has 1 fully saturated rings. The van der Waals surface area contributed by atoms with Crippen molar-refractivity contribution in [2.75, 3.05) is 13.1 Å². The monoisotopic (exact) mass is 486 g/mol. The molecule has 2 aromatic rings. The van der Waals surface area contributed by atoms with Crippen LogP contribution in [0.2, 0.25) is 0 Å². The number of rotatable bonds is 6. The van der Waals surface area contributed by atoms with Gasteiger partial charge in [0, 0.05) is 49.5 Å². The van der Waals surface area contributed by atoms with Crippen molar-refractivity contribution in [3.63, 3.8) is 0 Å². The number of likely N-dealkylation sites (tertiary alicyclic amines) is 1. The Labute approximate surface area is 202 Å². The average Bonchev–Trinajstić information content (AvgIpc) is 2.78. The van der Waals surface area contributed by atoms with Crippen LogP contribution >= 0.6 is 0 Å². The van der Waals surface area contributed by atoms with Crippen molar-refractivity contribution in [3.05, 3.63) is 59.7 Å². The van der Waals surface area contributed by atoms with Crippen LogP contribution < -0.4 is 9.46 Å². The summed E-state index contributed by atoms with van der Waals surface area (Å²) in [7, 11) is -3.59. The second kappa shape index (κ2) is 9.68. The van der Waals surface area contributed by atoms with Crippen molar-refractivity contribution in [2.24, 2.45) is 0 Å². The molecule has 2 aromatic carbocycles. The summed E-state index contributed by atoms with van der Waals surface area (Å²) in [6, 6.07) is 14.0. The van der Waals surface area contributed by atoms with Gasteiger partial charge in [0.2, 0.25) is 10.0 Å². The summed E-state index contributed by atoms with van der Waals surface area (Å²) in [6.07, 6.45) is 2.28. The zero-order chi connectivity index (χ0) is 24.5. The van der Waals surface area contributed by atoms with Crippen LogP contribution in [0.25, 0.3) is 0 Å². The van der Waals surface area contributed by atoms with E-state index in [1.54, 1.807) is 26.0 Å². The molecule has 184 valence electrons. The molecular weight excluding hydrogens is 452 g/mol. The van der Waals surface area contributed by atoms with Crippen LogP contribution in [0.5, 0.6) is 5.75 Å². The lowest BCUT2D eigenvalue weighted by Crippen LogP contribution is -2.52. The number of amides is 1. The maximum absolute atomic E-state index is 13.1. The van der Waals surface area contributed by atoms with Gasteiger partial charge in [-0.15, -0.1) is 0 Å². The van der Waals surface area contributed by atoms with E-state index in [0.717, 1.165) is 30.6 Å². The van der Waals surface area contributed by atoms with E-state index in [0.29, 0.717) is 18.7 Å². The van der Waals surface area contributed by atoms with E-state index in [4.69, 9.17) is 9.47 Å². The second-order valence-corrected chi connectivity index (χ2v) is 11.5. The molecule has 0 aromatic heterocycles. The Hall–Kier alpha value is -2.42. The summed E-state index contributed by atoms with van der Waals surface area (Å²) >= 11 is 0. The van der Waals surface area contributed by atoms with Gasteiger partial charge in [-0.05, 0) is 58.0 Å². The molecule has 8 heteroatoms. The van der Waals surface area contributed by atoms with Gasteiger partial charge in [-0.1, -0.05) is 18.2 Å². The first kappa shape index (κ1) is 24.7. The number of hydrogen-bond donors (Lipinski definition) is 1. The Bertz CT molecular complexity index is 1120. The molecule has 7 nitrogen and oxygen atoms in total. The van der Waals surface area contributed by atoms with Gasteiger partial charge in [-0.25, -0.2) is 13.1 Å². The number of sulfonamides is 1. The summed E-state index contributed by atoms with van der Waals surface area (Å²) in [5.41, 5.74) is 1.21. The smallest absolute Gasteiger partial charge is 0.253 e. The summed E-state index contributed by atoms with van der Waals surface area (Å²) in [6.45, 7) is 8.77. The number of para-hydroxylation sites is 1. The summed E-state index contributed by atoms with van der Waals surface area (Å²) in [4.78, 5) is 15.1. The van der Waals surface area contributed by atoms with Crippen molar-refractivity contribution in [3.8, 4) is 5.75 Å². The van der Waals surface area contributed by atoms with Crippen LogP contribution in [-0.2, 0) is 14.8 Å². The highest BCUT2D eigenvalue weighted by atomic mass is 32.2. The zero-order valence-corrected chi connectivity index (χ0v) is 21.1. The number of fused-ring (bicyclic) bond motifs is 1. The number of ether oxygens (including phenoxy) is 2. The minimum absolute atomic E-state index is 0.0267. The number of nitrogens with one attached hydrogen (secondary N) is 1. The fourth-order valence-corrected chi connectivity index (χ4v) is 6.02. The predicted octanol–water partition coefficient (Wildman–Crippen LogP) is 4.30. The molecule has 1 saturated heterocycles. The van der Waals surface area contributed by atoms with Crippen LogP contribution in [0.15, 0.2) is 53.4 Å². The number of hydrogen-bond acceptors (Lipinski definition) is 5. The Morgan fingerprint density at radius 2 is 1.71 bits per heavy atom. The van der Waals surface area contributed by atoms with Gasteiger partial charge in [-0.2, -0.15) is 0 Å². The first-order chi connectivity index (χ1) is 16.1. The summed E-state index contributed by atoms with van der Waals surface area (Å²) in [5.74, 6) is 0.771. The third-order valence-corrected chi connectivity index (χ3v) is 8.02. The van der Waals surface area contributed by atoms with Crippen LogP contribution in [-0.4, -0.2) is 50.1 Å². The van der Waals surface area contributed by atoms with Crippen molar-refractivity contribution in [1.82, 2.24) is 9.62 Å². The quantitative estimate of drug-likeness (QED) is 0.658. The van der Waals surface area contributed by atoms with Crippen LogP contribution in [0, 0.1) is 0 Å². The van der Waals surface area contributed by atoms with E-state index >= 15 is 0 Å². The van der Waals surface area contributed by atoms with Crippen LogP contribution in [0.4, 0.5) is 0 Å². The van der Waals surface area contributed by atoms with Gasteiger partial charge in [0.05, 0.1) is 17.1 Å². The van der Waals surface area contributed by atoms with Crippen LogP contribution in [0.3, 0.4) is 0 Å². The van der Waals surface area contributed by atoms with E-state index in [9.17, 15) is 13.2 Å². The predicted molar refractivity (Wildman–Crippen MR) is 130 cm³/mol. The molecule has 0 aliphatic carbocycles. The molecule has 2 aliphatic heterocycles. The van der Waals surface area contributed by atoms with Crippen molar-refractivity contribution >= 4 is 15.9 Å². The summed E-state index contributed by atoms with van der Waals surface area (Å²) < 4.78 is 40.0. The van der Waals surface area contributed by atoms with Gasteiger partial charge in [-0.3, -0.25) is 4.79 Å². The Kier molecular flexibility index (Phi) is 7.03. The number of carbonyl (C=O) groups is 1. The molecule has 4 rings (SSSR count). The number of piperidine rings is 1. The van der Waals surface area contributed by atoms with E-state index in [1.165, 1.54) is 12.1 Å². The molecule has 0 unspecified atom stereocenters. The van der Waals surface area contributed by atoms with Gasteiger partial charge < -0.3 is 14.4 Å². The van der Waals surface area contributed by atoms with E-state index < -0.39 is 10.0 Å². The molecule has 1 spiro atoms. The van der Waals surface area contributed by atoms with Gasteiger partial charge >= 0.3 is 0 Å². The fraction of sp³-hybridized carbons (Fsp3) is 0.500. The standard InChI is InChI=1S/C26H34N2O5S/c1-18(2)27-34(30,31)21-11-9-20(10-12-21)25(29)28-15-13-26(14-16-28)17-24(32-19(3)4)22-7-5-6-8-23(22)33-26/h5-12,18-19,24,27H,13-17H2,1-4H3/t24-/m1/s1. The molecule has 0 radical (unpaired) electrons. The van der Waals surface area contributed by atoms with Crippen molar-refractivity contribution < 1.29 is 22.7 Å². The molecule has 1 amide bonds. The number of benzene rings is 2. The van der Waals surface area contributed by atoms with E-state index in [2.05, 4.69) is 10.8 Å². The summed E-state index contributed by atoms with van der Waals surface area (Å²) in [5, 5.41) is 0. The SMILES string of the molecule is CC(C)NS(=O)(=O)c1ccc(C(=O)N2CCC3(CC2)C[C@@H](OC(C)C)c2ccccc2O3)cc1. The molecule has 1 atom stereocenters. The second-order valence-electron chi connectivity index (χ2n) is 9.79. The Balaban J connectivity index is 1.44. The normalized spacial score (nSPS) is 19.8. The molecular formula is C26H34N2O5S. The van der Waals surface area contributed by atoms with Crippen LogP contribution in [0.1, 0.15) is 69.0 Å². The van der Waals surface area contributed by atoms with Gasteiger partial charge in [0.25, 0.3) is 5.91 Å². The fourth-order valence-electron chi connectivity index (χ4n) is 4.77. The maximum atomic E-state index is 13.1.